The van der Waals surface area contributed by atoms with E-state index < -0.39 is 0 Å². The van der Waals surface area contributed by atoms with Crippen molar-refractivity contribution in [2.75, 3.05) is 13.1 Å². The summed E-state index contributed by atoms with van der Waals surface area (Å²) in [5.74, 6) is 0. The van der Waals surface area contributed by atoms with Gasteiger partial charge < -0.3 is 4.57 Å². The van der Waals surface area contributed by atoms with E-state index in [-0.39, 0.29) is 0 Å². The zero-order chi connectivity index (χ0) is 10.1. The van der Waals surface area contributed by atoms with Crippen LogP contribution in [0.2, 0.25) is 0 Å². The van der Waals surface area contributed by atoms with Gasteiger partial charge in [0, 0.05) is 19.3 Å². The normalized spacial score (nSPS) is 20.2. The highest BCUT2D eigenvalue weighted by atomic mass is 79.9. The summed E-state index contributed by atoms with van der Waals surface area (Å²) in [5, 5.41) is 0. The Morgan fingerprint density at radius 1 is 1.36 bits per heavy atom. The van der Waals surface area contributed by atoms with Crippen molar-refractivity contribution < 1.29 is 0 Å². The van der Waals surface area contributed by atoms with Crippen molar-refractivity contribution in [3.63, 3.8) is 0 Å². The van der Waals surface area contributed by atoms with E-state index in [1.165, 1.54) is 36.1 Å². The Balaban J connectivity index is 2.13. The van der Waals surface area contributed by atoms with Gasteiger partial charge >= 0.3 is 0 Å². The standard InChI is InChI=1S/C11H17BrN2/c1-9(14-5-3-4-6-14)10-7-11(12)13(2)8-10/h7-9H,3-6H2,1-2H3. The third kappa shape index (κ3) is 1.89. The number of hydrogen-bond donors (Lipinski definition) is 0. The van der Waals surface area contributed by atoms with Gasteiger partial charge in [-0.3, -0.25) is 4.90 Å². The largest absolute Gasteiger partial charge is 0.345 e. The van der Waals surface area contributed by atoms with Gasteiger partial charge in [0.1, 0.15) is 0 Å². The zero-order valence-corrected chi connectivity index (χ0v) is 10.4. The average Bonchev–Trinajstić information content (AvgIpc) is 2.76. The zero-order valence-electron chi connectivity index (χ0n) is 8.83. The Hall–Kier alpha value is -0.280. The van der Waals surface area contributed by atoms with E-state index in [1.807, 2.05) is 0 Å². The monoisotopic (exact) mass is 256 g/mol. The molecule has 0 radical (unpaired) electrons. The first-order valence-corrected chi connectivity index (χ1v) is 6.03. The van der Waals surface area contributed by atoms with Crippen molar-refractivity contribution >= 4 is 15.9 Å². The average molecular weight is 257 g/mol. The van der Waals surface area contributed by atoms with Crippen LogP contribution in [0.15, 0.2) is 16.9 Å². The second-order valence-corrected chi connectivity index (χ2v) is 4.94. The fourth-order valence-corrected chi connectivity index (χ4v) is 2.50. The van der Waals surface area contributed by atoms with Crippen molar-refractivity contribution in [3.05, 3.63) is 22.4 Å². The lowest BCUT2D eigenvalue weighted by Crippen LogP contribution is -2.22. The van der Waals surface area contributed by atoms with Gasteiger partial charge in [-0.2, -0.15) is 0 Å². The highest BCUT2D eigenvalue weighted by Crippen LogP contribution is 2.27. The fraction of sp³-hybridized carbons (Fsp3) is 0.636. The summed E-state index contributed by atoms with van der Waals surface area (Å²) >= 11 is 3.54. The number of rotatable bonds is 2. The molecule has 1 aromatic rings. The molecule has 1 fully saturated rings. The van der Waals surface area contributed by atoms with E-state index in [1.54, 1.807) is 0 Å². The van der Waals surface area contributed by atoms with Gasteiger partial charge in [0.2, 0.25) is 0 Å². The molecule has 0 aromatic carbocycles. The summed E-state index contributed by atoms with van der Waals surface area (Å²) in [7, 11) is 2.07. The van der Waals surface area contributed by atoms with Crippen LogP contribution in [0.1, 0.15) is 31.4 Å². The number of halogens is 1. The molecule has 1 aromatic heterocycles. The quantitative estimate of drug-likeness (QED) is 0.790. The summed E-state index contributed by atoms with van der Waals surface area (Å²) in [4.78, 5) is 2.56. The molecule has 2 nitrogen and oxygen atoms in total. The second-order valence-electron chi connectivity index (χ2n) is 4.13. The highest BCUT2D eigenvalue weighted by molar-refractivity contribution is 9.10. The van der Waals surface area contributed by atoms with Crippen LogP contribution < -0.4 is 0 Å². The Morgan fingerprint density at radius 2 is 2.00 bits per heavy atom. The lowest BCUT2D eigenvalue weighted by molar-refractivity contribution is 0.263. The number of aromatic nitrogens is 1. The lowest BCUT2D eigenvalue weighted by Gasteiger charge is -2.22. The first kappa shape index (κ1) is 10.2. The van der Waals surface area contributed by atoms with Crippen LogP contribution in [0.25, 0.3) is 0 Å². The molecule has 1 saturated heterocycles. The van der Waals surface area contributed by atoms with Gasteiger partial charge in [0.25, 0.3) is 0 Å². The predicted octanol–water partition coefficient (Wildman–Crippen LogP) is 2.94. The molecule has 0 spiro atoms. The Bertz CT molecular complexity index is 294. The minimum atomic E-state index is 0.565. The van der Waals surface area contributed by atoms with Crippen molar-refractivity contribution in [2.24, 2.45) is 7.05 Å². The molecule has 0 amide bonds. The van der Waals surface area contributed by atoms with Crippen molar-refractivity contribution in [1.29, 1.82) is 0 Å². The van der Waals surface area contributed by atoms with E-state index in [0.29, 0.717) is 6.04 Å². The molecule has 1 aliphatic heterocycles. The van der Waals surface area contributed by atoms with Gasteiger partial charge in [-0.05, 0) is 60.4 Å². The molecule has 1 unspecified atom stereocenters. The number of likely N-dealkylation sites (tertiary alicyclic amines) is 1. The number of hydrogen-bond acceptors (Lipinski definition) is 1. The maximum Gasteiger partial charge on any atom is 0.0847 e. The minimum Gasteiger partial charge on any atom is -0.345 e. The molecular formula is C11H17BrN2. The molecule has 14 heavy (non-hydrogen) atoms. The first-order valence-electron chi connectivity index (χ1n) is 5.24. The summed E-state index contributed by atoms with van der Waals surface area (Å²) in [5.41, 5.74) is 1.42. The van der Waals surface area contributed by atoms with Crippen LogP contribution in [0, 0.1) is 0 Å². The number of aryl methyl sites for hydroxylation is 1. The van der Waals surface area contributed by atoms with Crippen LogP contribution in [0.5, 0.6) is 0 Å². The van der Waals surface area contributed by atoms with Gasteiger partial charge in [0.15, 0.2) is 0 Å². The molecule has 2 heterocycles. The fourth-order valence-electron chi connectivity index (χ4n) is 2.13. The molecule has 0 N–H and O–H groups in total. The van der Waals surface area contributed by atoms with E-state index in [4.69, 9.17) is 0 Å². The molecule has 3 heteroatoms. The summed E-state index contributed by atoms with van der Waals surface area (Å²) in [6, 6.07) is 2.79. The summed E-state index contributed by atoms with van der Waals surface area (Å²) in [6.07, 6.45) is 4.93. The van der Waals surface area contributed by atoms with Crippen molar-refractivity contribution in [1.82, 2.24) is 9.47 Å². The van der Waals surface area contributed by atoms with Crippen LogP contribution in [0.4, 0.5) is 0 Å². The second kappa shape index (κ2) is 4.07. The predicted molar refractivity (Wildman–Crippen MR) is 62.3 cm³/mol. The molecule has 0 bridgehead atoms. The smallest absolute Gasteiger partial charge is 0.0847 e. The topological polar surface area (TPSA) is 8.17 Å². The molecular weight excluding hydrogens is 240 g/mol. The summed E-state index contributed by atoms with van der Waals surface area (Å²) < 4.78 is 3.29. The van der Waals surface area contributed by atoms with Crippen LogP contribution >= 0.6 is 15.9 Å². The Kier molecular flexibility index (Phi) is 2.98. The molecule has 0 saturated carbocycles. The molecule has 78 valence electrons. The van der Waals surface area contributed by atoms with Gasteiger partial charge in [-0.15, -0.1) is 0 Å². The SMILES string of the molecule is CC(c1cc(Br)n(C)c1)N1CCCC1. The number of nitrogens with zero attached hydrogens (tertiary/aromatic N) is 2. The summed E-state index contributed by atoms with van der Waals surface area (Å²) in [6.45, 7) is 4.81. The molecule has 0 aliphatic carbocycles. The molecule has 2 rings (SSSR count). The van der Waals surface area contributed by atoms with E-state index >= 15 is 0 Å². The van der Waals surface area contributed by atoms with Gasteiger partial charge in [-0.1, -0.05) is 0 Å². The maximum atomic E-state index is 3.54. The molecule has 1 atom stereocenters. The third-order valence-corrected chi connectivity index (χ3v) is 3.92. The van der Waals surface area contributed by atoms with Gasteiger partial charge in [0.05, 0.1) is 4.60 Å². The van der Waals surface area contributed by atoms with Gasteiger partial charge in [-0.25, -0.2) is 0 Å². The minimum absolute atomic E-state index is 0.565. The first-order chi connectivity index (χ1) is 6.68. The van der Waals surface area contributed by atoms with E-state index in [0.717, 1.165) is 0 Å². The van der Waals surface area contributed by atoms with E-state index in [9.17, 15) is 0 Å². The van der Waals surface area contributed by atoms with Crippen LogP contribution in [0.3, 0.4) is 0 Å². The van der Waals surface area contributed by atoms with Crippen molar-refractivity contribution in [2.45, 2.75) is 25.8 Å². The van der Waals surface area contributed by atoms with Crippen molar-refractivity contribution in [3.8, 4) is 0 Å². The third-order valence-electron chi connectivity index (χ3n) is 3.14. The van der Waals surface area contributed by atoms with Crippen LogP contribution in [-0.2, 0) is 7.05 Å². The Labute approximate surface area is 94.0 Å². The molecule has 1 aliphatic rings. The highest BCUT2D eigenvalue weighted by Gasteiger charge is 2.20. The Morgan fingerprint density at radius 3 is 2.50 bits per heavy atom. The van der Waals surface area contributed by atoms with E-state index in [2.05, 4.69) is 51.6 Å². The van der Waals surface area contributed by atoms with Crippen LogP contribution in [-0.4, -0.2) is 22.6 Å². The lowest BCUT2D eigenvalue weighted by atomic mass is 10.1. The maximum absolute atomic E-state index is 3.54.